The zero-order valence-corrected chi connectivity index (χ0v) is 12.0. The van der Waals surface area contributed by atoms with E-state index >= 15 is 0 Å². The average molecular weight is 295 g/mol. The Hall–Kier alpha value is -1.26. The Morgan fingerprint density at radius 3 is 2.79 bits per heavy atom. The van der Waals surface area contributed by atoms with Crippen LogP contribution in [0.1, 0.15) is 25.7 Å². The van der Waals surface area contributed by atoms with Gasteiger partial charge in [-0.15, -0.1) is 0 Å². The molecule has 3 nitrogen and oxygen atoms in total. The minimum atomic E-state index is 0.285. The van der Waals surface area contributed by atoms with Crippen molar-refractivity contribution in [3.63, 3.8) is 0 Å². The van der Waals surface area contributed by atoms with Crippen LogP contribution >= 0.6 is 23.1 Å². The maximum Gasteiger partial charge on any atom is 0.144 e. The molecule has 0 radical (unpaired) electrons. The fraction of sp³-hybridized carbons (Fsp3) is 0.357. The number of halogens is 1. The molecule has 3 rings (SSSR count). The van der Waals surface area contributed by atoms with Crippen LogP contribution in [-0.2, 0) is 0 Å². The number of rotatable bonds is 3. The molecular formula is C14H15ClN2OS. The van der Waals surface area contributed by atoms with Crippen molar-refractivity contribution < 1.29 is 4.74 Å². The van der Waals surface area contributed by atoms with Gasteiger partial charge in [0.2, 0.25) is 0 Å². The molecule has 2 N–H and O–H groups in total. The summed E-state index contributed by atoms with van der Waals surface area (Å²) in [5.41, 5.74) is 7.63. The molecule has 1 fully saturated rings. The zero-order chi connectivity index (χ0) is 13.2. The summed E-state index contributed by atoms with van der Waals surface area (Å²) >= 11 is 7.73. The minimum absolute atomic E-state index is 0.285. The maximum absolute atomic E-state index is 6.32. The van der Waals surface area contributed by atoms with Crippen LogP contribution in [0.5, 0.6) is 5.75 Å². The first-order valence-electron chi connectivity index (χ1n) is 6.41. The van der Waals surface area contributed by atoms with Gasteiger partial charge in [0.25, 0.3) is 0 Å². The van der Waals surface area contributed by atoms with Gasteiger partial charge in [-0.25, -0.2) is 4.37 Å². The van der Waals surface area contributed by atoms with Crippen LogP contribution < -0.4 is 10.5 Å². The fourth-order valence-corrected chi connectivity index (χ4v) is 3.34. The quantitative estimate of drug-likeness (QED) is 0.855. The predicted molar refractivity (Wildman–Crippen MR) is 79.9 cm³/mol. The second-order valence-corrected chi connectivity index (χ2v) is 6.01. The van der Waals surface area contributed by atoms with E-state index in [2.05, 4.69) is 4.37 Å². The van der Waals surface area contributed by atoms with Gasteiger partial charge in [0.15, 0.2) is 0 Å². The molecule has 0 saturated heterocycles. The SMILES string of the molecule is Nc1cc(-c2ccns2)c(Cl)cc1OC1CCCC1. The summed E-state index contributed by atoms with van der Waals surface area (Å²) in [6.45, 7) is 0. The first kappa shape index (κ1) is 12.8. The first-order chi connectivity index (χ1) is 9.24. The number of hydrogen-bond donors (Lipinski definition) is 1. The standard InChI is InChI=1S/C14H15ClN2OS/c15-11-8-13(18-9-3-1-2-4-9)12(16)7-10(11)14-5-6-17-19-14/h5-9H,1-4,16H2. The van der Waals surface area contributed by atoms with Gasteiger partial charge in [0.1, 0.15) is 5.75 Å². The van der Waals surface area contributed by atoms with E-state index in [1.165, 1.54) is 24.4 Å². The third-order valence-electron chi connectivity index (χ3n) is 3.40. The van der Waals surface area contributed by atoms with Crippen LogP contribution in [-0.4, -0.2) is 10.5 Å². The Morgan fingerprint density at radius 1 is 1.32 bits per heavy atom. The normalized spacial score (nSPS) is 15.8. The molecule has 1 aromatic heterocycles. The molecule has 0 bridgehead atoms. The van der Waals surface area contributed by atoms with Crippen molar-refractivity contribution in [3.8, 4) is 16.2 Å². The van der Waals surface area contributed by atoms with E-state index in [4.69, 9.17) is 22.1 Å². The van der Waals surface area contributed by atoms with Crippen LogP contribution in [0.15, 0.2) is 24.4 Å². The highest BCUT2D eigenvalue weighted by Gasteiger charge is 2.19. The van der Waals surface area contributed by atoms with Gasteiger partial charge < -0.3 is 10.5 Å². The number of ether oxygens (including phenoxy) is 1. The molecule has 5 heteroatoms. The molecular weight excluding hydrogens is 280 g/mol. The van der Waals surface area contributed by atoms with Crippen molar-refractivity contribution in [2.24, 2.45) is 0 Å². The molecule has 0 spiro atoms. The number of anilines is 1. The number of hydrogen-bond acceptors (Lipinski definition) is 4. The van der Waals surface area contributed by atoms with E-state index in [-0.39, 0.29) is 6.10 Å². The topological polar surface area (TPSA) is 48.1 Å². The van der Waals surface area contributed by atoms with E-state index in [1.54, 1.807) is 6.20 Å². The highest BCUT2D eigenvalue weighted by molar-refractivity contribution is 7.09. The van der Waals surface area contributed by atoms with Crippen LogP contribution in [0.4, 0.5) is 5.69 Å². The van der Waals surface area contributed by atoms with Crippen LogP contribution in [0.3, 0.4) is 0 Å². The van der Waals surface area contributed by atoms with Gasteiger partial charge in [-0.05, 0) is 49.3 Å². The Bertz CT molecular complexity index is 565. The Balaban J connectivity index is 1.89. The molecule has 0 atom stereocenters. The van der Waals surface area contributed by atoms with Gasteiger partial charge in [-0.1, -0.05) is 11.6 Å². The van der Waals surface area contributed by atoms with Crippen LogP contribution in [0.2, 0.25) is 5.02 Å². The van der Waals surface area contributed by atoms with Crippen LogP contribution in [0, 0.1) is 0 Å². The molecule has 100 valence electrons. The highest BCUT2D eigenvalue weighted by atomic mass is 35.5. The minimum Gasteiger partial charge on any atom is -0.488 e. The highest BCUT2D eigenvalue weighted by Crippen LogP contribution is 2.38. The summed E-state index contributed by atoms with van der Waals surface area (Å²) in [5.74, 6) is 0.699. The van der Waals surface area contributed by atoms with Crippen molar-refractivity contribution in [2.45, 2.75) is 31.8 Å². The average Bonchev–Trinajstić information content (AvgIpc) is 3.06. The molecule has 1 saturated carbocycles. The van der Waals surface area contributed by atoms with Crippen molar-refractivity contribution in [3.05, 3.63) is 29.4 Å². The van der Waals surface area contributed by atoms with E-state index in [0.29, 0.717) is 16.5 Å². The summed E-state index contributed by atoms with van der Waals surface area (Å²) in [5, 5.41) is 0.659. The Kier molecular flexibility index (Phi) is 3.62. The zero-order valence-electron chi connectivity index (χ0n) is 10.4. The first-order valence-corrected chi connectivity index (χ1v) is 7.56. The third kappa shape index (κ3) is 2.69. The van der Waals surface area contributed by atoms with Crippen molar-refractivity contribution in [2.75, 3.05) is 5.73 Å². The molecule has 1 heterocycles. The fourth-order valence-electron chi connectivity index (χ4n) is 2.40. The lowest BCUT2D eigenvalue weighted by Crippen LogP contribution is -2.12. The van der Waals surface area contributed by atoms with Gasteiger partial charge in [-0.2, -0.15) is 0 Å². The van der Waals surface area contributed by atoms with Gasteiger partial charge in [0.05, 0.1) is 21.7 Å². The molecule has 0 amide bonds. The maximum atomic E-state index is 6.32. The predicted octanol–water partition coefficient (Wildman–Crippen LogP) is 4.37. The van der Waals surface area contributed by atoms with Gasteiger partial charge >= 0.3 is 0 Å². The number of nitrogens with two attached hydrogens (primary N) is 1. The summed E-state index contributed by atoms with van der Waals surface area (Å²) in [7, 11) is 0. The summed E-state index contributed by atoms with van der Waals surface area (Å²) in [6, 6.07) is 5.63. The molecule has 1 aliphatic carbocycles. The monoisotopic (exact) mass is 294 g/mol. The smallest absolute Gasteiger partial charge is 0.144 e. The number of nitrogens with zero attached hydrogens (tertiary/aromatic N) is 1. The second kappa shape index (κ2) is 5.39. The Morgan fingerprint density at radius 2 is 2.11 bits per heavy atom. The van der Waals surface area contributed by atoms with Gasteiger partial charge in [-0.3, -0.25) is 0 Å². The van der Waals surface area contributed by atoms with E-state index in [1.807, 2.05) is 18.2 Å². The van der Waals surface area contributed by atoms with Crippen molar-refractivity contribution in [1.82, 2.24) is 4.37 Å². The Labute approximate surface area is 121 Å². The lowest BCUT2D eigenvalue weighted by Gasteiger charge is -2.16. The molecule has 0 aliphatic heterocycles. The van der Waals surface area contributed by atoms with E-state index in [9.17, 15) is 0 Å². The third-order valence-corrected chi connectivity index (χ3v) is 4.49. The largest absolute Gasteiger partial charge is 0.488 e. The lowest BCUT2D eigenvalue weighted by molar-refractivity contribution is 0.211. The summed E-state index contributed by atoms with van der Waals surface area (Å²) < 4.78 is 10.0. The molecule has 1 aromatic carbocycles. The van der Waals surface area contributed by atoms with Crippen molar-refractivity contribution in [1.29, 1.82) is 0 Å². The van der Waals surface area contributed by atoms with Gasteiger partial charge in [0, 0.05) is 17.8 Å². The summed E-state index contributed by atoms with van der Waals surface area (Å²) in [4.78, 5) is 1.02. The lowest BCUT2D eigenvalue weighted by atomic mass is 10.1. The second-order valence-electron chi connectivity index (χ2n) is 4.77. The molecule has 1 aliphatic rings. The number of nitrogen functional groups attached to an aromatic ring is 1. The molecule has 0 unspecified atom stereocenters. The van der Waals surface area contributed by atoms with Crippen molar-refractivity contribution >= 4 is 28.8 Å². The van der Waals surface area contributed by atoms with Crippen LogP contribution in [0.25, 0.3) is 10.4 Å². The number of benzene rings is 1. The summed E-state index contributed by atoms with van der Waals surface area (Å²) in [6.07, 6.45) is 6.72. The number of aromatic nitrogens is 1. The molecule has 2 aromatic rings. The van der Waals surface area contributed by atoms with E-state index < -0.39 is 0 Å². The van der Waals surface area contributed by atoms with E-state index in [0.717, 1.165) is 23.3 Å². The molecule has 19 heavy (non-hydrogen) atoms.